The molecule has 5 heteroatoms. The molecule has 112 valence electrons. The monoisotopic (exact) mass is 278 g/mol. The molecule has 0 spiro atoms. The van der Waals surface area contributed by atoms with Crippen molar-refractivity contribution >= 4 is 11.6 Å². The molecule has 0 bridgehead atoms. The van der Waals surface area contributed by atoms with Crippen molar-refractivity contribution in [2.45, 2.75) is 46.6 Å². The second-order valence-electron chi connectivity index (χ2n) is 5.53. The fourth-order valence-corrected chi connectivity index (χ4v) is 2.49. The van der Waals surface area contributed by atoms with E-state index in [4.69, 9.17) is 4.74 Å². The first-order chi connectivity index (χ1) is 9.61. The molecule has 5 nitrogen and oxygen atoms in total. The van der Waals surface area contributed by atoms with Gasteiger partial charge in [0, 0.05) is 31.2 Å². The molecule has 0 amide bonds. The zero-order valence-electron chi connectivity index (χ0n) is 13.0. The molecule has 0 saturated carbocycles. The number of hydrogen-bond acceptors (Lipinski definition) is 5. The molecule has 0 aliphatic carbocycles. The van der Waals surface area contributed by atoms with Crippen molar-refractivity contribution in [3.8, 4) is 0 Å². The number of anilines is 2. The molecule has 1 aliphatic rings. The van der Waals surface area contributed by atoms with Crippen LogP contribution in [0.2, 0.25) is 0 Å². The minimum atomic E-state index is 0.337. The highest BCUT2D eigenvalue weighted by Gasteiger charge is 2.24. The van der Waals surface area contributed by atoms with Crippen LogP contribution in [0.15, 0.2) is 0 Å². The SMILES string of the molecule is CCCNc1nc(C)nc(NCC2CCOC2C)c1C. The van der Waals surface area contributed by atoms with E-state index >= 15 is 0 Å². The standard InChI is InChI=1S/C15H26N4O/c1-5-7-16-14-10(2)15(19-12(4)18-14)17-9-13-6-8-20-11(13)3/h11,13H,5-9H2,1-4H3,(H2,16,17,18,19). The third-order valence-corrected chi connectivity index (χ3v) is 3.87. The summed E-state index contributed by atoms with van der Waals surface area (Å²) >= 11 is 0. The zero-order valence-corrected chi connectivity index (χ0v) is 13.0. The number of hydrogen-bond donors (Lipinski definition) is 2. The molecule has 2 unspecified atom stereocenters. The summed E-state index contributed by atoms with van der Waals surface area (Å²) in [6.07, 6.45) is 2.55. The number of aromatic nitrogens is 2. The number of nitrogens with one attached hydrogen (secondary N) is 2. The molecule has 1 saturated heterocycles. The van der Waals surface area contributed by atoms with E-state index in [2.05, 4.69) is 41.4 Å². The molecule has 1 aromatic heterocycles. The molecule has 0 aromatic carbocycles. The Bertz CT molecular complexity index is 450. The fourth-order valence-electron chi connectivity index (χ4n) is 2.49. The van der Waals surface area contributed by atoms with Crippen LogP contribution in [0.3, 0.4) is 0 Å². The summed E-state index contributed by atoms with van der Waals surface area (Å²) in [5, 5.41) is 6.84. The largest absolute Gasteiger partial charge is 0.378 e. The molecule has 2 atom stereocenters. The van der Waals surface area contributed by atoms with E-state index in [0.717, 1.165) is 55.6 Å². The Balaban J connectivity index is 2.04. The number of rotatable bonds is 6. The fraction of sp³-hybridized carbons (Fsp3) is 0.733. The van der Waals surface area contributed by atoms with Crippen molar-refractivity contribution in [1.29, 1.82) is 0 Å². The molecular weight excluding hydrogens is 252 g/mol. The van der Waals surface area contributed by atoms with E-state index in [1.165, 1.54) is 0 Å². The van der Waals surface area contributed by atoms with Crippen molar-refractivity contribution in [1.82, 2.24) is 9.97 Å². The topological polar surface area (TPSA) is 59.1 Å². The van der Waals surface area contributed by atoms with Crippen molar-refractivity contribution in [2.24, 2.45) is 5.92 Å². The summed E-state index contributed by atoms with van der Waals surface area (Å²) in [6, 6.07) is 0. The molecule has 0 radical (unpaired) electrons. The molecule has 20 heavy (non-hydrogen) atoms. The quantitative estimate of drug-likeness (QED) is 0.838. The van der Waals surface area contributed by atoms with Crippen molar-refractivity contribution < 1.29 is 4.74 Å². The first-order valence-electron chi connectivity index (χ1n) is 7.56. The van der Waals surface area contributed by atoms with Gasteiger partial charge in [0.25, 0.3) is 0 Å². The molecule has 1 aliphatic heterocycles. The Morgan fingerprint density at radius 1 is 1.20 bits per heavy atom. The van der Waals surface area contributed by atoms with Crippen molar-refractivity contribution in [3.63, 3.8) is 0 Å². The van der Waals surface area contributed by atoms with Gasteiger partial charge < -0.3 is 15.4 Å². The normalized spacial score (nSPS) is 22.0. The predicted octanol–water partition coefficient (Wildman–Crippen LogP) is 2.75. The van der Waals surface area contributed by atoms with Gasteiger partial charge in [-0.25, -0.2) is 9.97 Å². The van der Waals surface area contributed by atoms with Crippen LogP contribution in [0, 0.1) is 19.8 Å². The van der Waals surface area contributed by atoms with Gasteiger partial charge in [-0.1, -0.05) is 6.92 Å². The van der Waals surface area contributed by atoms with Crippen LogP contribution in [-0.4, -0.2) is 35.8 Å². The lowest BCUT2D eigenvalue weighted by Crippen LogP contribution is -2.22. The first-order valence-corrected chi connectivity index (χ1v) is 7.56. The maximum atomic E-state index is 5.60. The van der Waals surface area contributed by atoms with Gasteiger partial charge in [0.1, 0.15) is 17.5 Å². The minimum absolute atomic E-state index is 0.337. The highest BCUT2D eigenvalue weighted by Crippen LogP contribution is 2.23. The third kappa shape index (κ3) is 3.60. The Hall–Kier alpha value is -1.36. The Kier molecular flexibility index (Phi) is 5.17. The van der Waals surface area contributed by atoms with Crippen LogP contribution in [0.25, 0.3) is 0 Å². The van der Waals surface area contributed by atoms with Crippen molar-refractivity contribution in [3.05, 3.63) is 11.4 Å². The summed E-state index contributed by atoms with van der Waals surface area (Å²) in [4.78, 5) is 9.00. The summed E-state index contributed by atoms with van der Waals surface area (Å²) in [5.41, 5.74) is 1.09. The second-order valence-corrected chi connectivity index (χ2v) is 5.53. The van der Waals surface area contributed by atoms with Gasteiger partial charge in [0.2, 0.25) is 0 Å². The Morgan fingerprint density at radius 2 is 1.90 bits per heavy atom. The van der Waals surface area contributed by atoms with E-state index < -0.39 is 0 Å². The lowest BCUT2D eigenvalue weighted by atomic mass is 10.0. The minimum Gasteiger partial charge on any atom is -0.378 e. The maximum Gasteiger partial charge on any atom is 0.134 e. The van der Waals surface area contributed by atoms with Gasteiger partial charge in [-0.2, -0.15) is 0 Å². The van der Waals surface area contributed by atoms with Crippen LogP contribution in [0.4, 0.5) is 11.6 Å². The summed E-state index contributed by atoms with van der Waals surface area (Å²) in [5.74, 6) is 3.25. The van der Waals surface area contributed by atoms with Crippen LogP contribution in [0.5, 0.6) is 0 Å². The summed E-state index contributed by atoms with van der Waals surface area (Å²) in [6.45, 7) is 11.0. The number of nitrogens with zero attached hydrogens (tertiary/aromatic N) is 2. The lowest BCUT2D eigenvalue weighted by molar-refractivity contribution is 0.108. The van der Waals surface area contributed by atoms with Crippen molar-refractivity contribution in [2.75, 3.05) is 30.3 Å². The second kappa shape index (κ2) is 6.88. The molecule has 1 fully saturated rings. The molecule has 2 N–H and O–H groups in total. The highest BCUT2D eigenvalue weighted by molar-refractivity contribution is 5.57. The molecular formula is C15H26N4O. The van der Waals surface area contributed by atoms with Gasteiger partial charge in [-0.05, 0) is 33.6 Å². The van der Waals surface area contributed by atoms with Gasteiger partial charge in [0.15, 0.2) is 0 Å². The van der Waals surface area contributed by atoms with Crippen LogP contribution in [0.1, 0.15) is 38.1 Å². The van der Waals surface area contributed by atoms with Crippen LogP contribution < -0.4 is 10.6 Å². The van der Waals surface area contributed by atoms with Gasteiger partial charge >= 0.3 is 0 Å². The van der Waals surface area contributed by atoms with E-state index in [1.54, 1.807) is 0 Å². The number of ether oxygens (including phenoxy) is 1. The lowest BCUT2D eigenvalue weighted by Gasteiger charge is -2.18. The highest BCUT2D eigenvalue weighted by atomic mass is 16.5. The number of aryl methyl sites for hydroxylation is 1. The van der Waals surface area contributed by atoms with Gasteiger partial charge in [-0.15, -0.1) is 0 Å². The molecule has 2 heterocycles. The average molecular weight is 278 g/mol. The van der Waals surface area contributed by atoms with E-state index in [0.29, 0.717) is 12.0 Å². The summed E-state index contributed by atoms with van der Waals surface area (Å²) < 4.78 is 5.60. The van der Waals surface area contributed by atoms with E-state index in [-0.39, 0.29) is 0 Å². The van der Waals surface area contributed by atoms with Crippen LogP contribution >= 0.6 is 0 Å². The third-order valence-electron chi connectivity index (χ3n) is 3.87. The zero-order chi connectivity index (χ0) is 14.5. The van der Waals surface area contributed by atoms with Gasteiger partial charge in [-0.3, -0.25) is 0 Å². The molecule has 1 aromatic rings. The Labute approximate surface area is 121 Å². The summed E-state index contributed by atoms with van der Waals surface area (Å²) in [7, 11) is 0. The predicted molar refractivity (Wildman–Crippen MR) is 82.3 cm³/mol. The maximum absolute atomic E-state index is 5.60. The van der Waals surface area contributed by atoms with Gasteiger partial charge in [0.05, 0.1) is 6.10 Å². The van der Waals surface area contributed by atoms with E-state index in [9.17, 15) is 0 Å². The Morgan fingerprint density at radius 3 is 2.50 bits per heavy atom. The smallest absolute Gasteiger partial charge is 0.134 e. The molecule has 2 rings (SSSR count). The van der Waals surface area contributed by atoms with Crippen LogP contribution in [-0.2, 0) is 4.74 Å². The first kappa shape index (κ1) is 15.0. The van der Waals surface area contributed by atoms with E-state index in [1.807, 2.05) is 6.92 Å². The average Bonchev–Trinajstić information content (AvgIpc) is 2.83.